The van der Waals surface area contributed by atoms with Crippen LogP contribution in [0.25, 0.3) is 0 Å². The van der Waals surface area contributed by atoms with Gasteiger partial charge in [-0.05, 0) is 45.9 Å². The van der Waals surface area contributed by atoms with Crippen molar-refractivity contribution in [3.05, 3.63) is 47.8 Å². The minimum Gasteiger partial charge on any atom is -0.373 e. The van der Waals surface area contributed by atoms with Gasteiger partial charge >= 0.3 is 0 Å². The Morgan fingerprint density at radius 3 is 2.48 bits per heavy atom. The van der Waals surface area contributed by atoms with Crippen molar-refractivity contribution in [2.45, 2.75) is 33.2 Å². The van der Waals surface area contributed by atoms with Crippen LogP contribution in [0.3, 0.4) is 0 Å². The molecule has 2 rings (SSSR count). The number of amides is 1. The first-order valence-electron chi connectivity index (χ1n) is 7.90. The van der Waals surface area contributed by atoms with Crippen molar-refractivity contribution in [1.82, 2.24) is 15.1 Å². The van der Waals surface area contributed by atoms with Crippen LogP contribution in [0.4, 0.5) is 5.69 Å². The molecule has 1 aromatic heterocycles. The molecule has 0 spiro atoms. The molecular weight excluding hydrogens is 288 g/mol. The summed E-state index contributed by atoms with van der Waals surface area (Å²) in [4.78, 5) is 14.4. The zero-order chi connectivity index (χ0) is 17.0. The third kappa shape index (κ3) is 4.34. The molecule has 0 aliphatic heterocycles. The van der Waals surface area contributed by atoms with Crippen LogP contribution < -0.4 is 10.2 Å². The minimum absolute atomic E-state index is 0.127. The monoisotopic (exact) mass is 314 g/mol. The van der Waals surface area contributed by atoms with Gasteiger partial charge in [0, 0.05) is 31.5 Å². The zero-order valence-electron chi connectivity index (χ0n) is 14.6. The molecule has 23 heavy (non-hydrogen) atoms. The molecule has 0 aliphatic carbocycles. The van der Waals surface area contributed by atoms with Crippen molar-refractivity contribution >= 4 is 11.6 Å². The van der Waals surface area contributed by atoms with Crippen LogP contribution in [-0.4, -0.2) is 35.8 Å². The first-order valence-corrected chi connectivity index (χ1v) is 7.90. The van der Waals surface area contributed by atoms with Crippen LogP contribution in [-0.2, 0) is 5.54 Å². The van der Waals surface area contributed by atoms with E-state index >= 15 is 0 Å². The first-order chi connectivity index (χ1) is 10.8. The molecule has 5 heteroatoms. The van der Waals surface area contributed by atoms with Crippen molar-refractivity contribution in [3.63, 3.8) is 0 Å². The molecule has 0 fully saturated rings. The molecular formula is C18H26N4O. The summed E-state index contributed by atoms with van der Waals surface area (Å²) < 4.78 is 1.89. The predicted octanol–water partition coefficient (Wildman–Crippen LogP) is 2.81. The number of anilines is 1. The molecule has 1 aromatic carbocycles. The van der Waals surface area contributed by atoms with E-state index in [-0.39, 0.29) is 11.4 Å². The summed E-state index contributed by atoms with van der Waals surface area (Å²) in [7, 11) is 2.01. The van der Waals surface area contributed by atoms with E-state index in [1.54, 1.807) is 0 Å². The van der Waals surface area contributed by atoms with Crippen LogP contribution in [0.5, 0.6) is 0 Å². The van der Waals surface area contributed by atoms with Crippen molar-refractivity contribution in [1.29, 1.82) is 0 Å². The quantitative estimate of drug-likeness (QED) is 0.923. The van der Waals surface area contributed by atoms with Gasteiger partial charge in [0.25, 0.3) is 5.91 Å². The van der Waals surface area contributed by atoms with E-state index in [1.165, 1.54) is 0 Å². The number of nitrogens with zero attached hydrogens (tertiary/aromatic N) is 3. The van der Waals surface area contributed by atoms with Crippen LogP contribution in [0, 0.1) is 6.92 Å². The molecule has 2 aromatic rings. The van der Waals surface area contributed by atoms with Gasteiger partial charge in [0.15, 0.2) is 0 Å². The lowest BCUT2D eigenvalue weighted by atomic mass is 10.1. The number of hydrogen-bond acceptors (Lipinski definition) is 3. The van der Waals surface area contributed by atoms with Gasteiger partial charge in [-0.25, -0.2) is 0 Å². The molecule has 0 radical (unpaired) electrons. The van der Waals surface area contributed by atoms with E-state index in [0.717, 1.165) is 17.9 Å². The van der Waals surface area contributed by atoms with E-state index in [1.807, 2.05) is 42.9 Å². The highest BCUT2D eigenvalue weighted by Gasteiger charge is 2.20. The van der Waals surface area contributed by atoms with Gasteiger partial charge < -0.3 is 10.2 Å². The fourth-order valence-electron chi connectivity index (χ4n) is 2.50. The lowest BCUT2D eigenvalue weighted by Gasteiger charge is -2.21. The van der Waals surface area contributed by atoms with Crippen LogP contribution in [0.15, 0.2) is 36.4 Å². The van der Waals surface area contributed by atoms with Gasteiger partial charge in [-0.2, -0.15) is 5.10 Å². The molecule has 5 nitrogen and oxygen atoms in total. The maximum atomic E-state index is 12.2. The number of carbonyl (C=O) groups excluding carboxylic acids is 1. The number of carbonyl (C=O) groups is 1. The van der Waals surface area contributed by atoms with Crippen molar-refractivity contribution in [2.75, 3.05) is 25.0 Å². The first kappa shape index (κ1) is 17.1. The normalized spacial score (nSPS) is 11.3. The standard InChI is InChI=1S/C18H26N4O/c1-14-13-16(20-22(14)18(2,3)4)17(23)19-11-12-21(5)15-9-7-6-8-10-15/h6-10,13H,11-12H2,1-5H3,(H,19,23). The molecule has 1 amide bonds. The van der Waals surface area contributed by atoms with Crippen LogP contribution in [0.1, 0.15) is 37.0 Å². The van der Waals surface area contributed by atoms with Gasteiger partial charge in [-0.15, -0.1) is 0 Å². The zero-order valence-corrected chi connectivity index (χ0v) is 14.6. The fourth-order valence-corrected chi connectivity index (χ4v) is 2.50. The van der Waals surface area contributed by atoms with Gasteiger partial charge in [0.1, 0.15) is 5.69 Å². The number of para-hydroxylation sites is 1. The van der Waals surface area contributed by atoms with Crippen molar-refractivity contribution in [2.24, 2.45) is 0 Å². The summed E-state index contributed by atoms with van der Waals surface area (Å²) >= 11 is 0. The van der Waals surface area contributed by atoms with Crippen molar-refractivity contribution < 1.29 is 4.79 Å². The molecule has 1 N–H and O–H groups in total. The third-order valence-corrected chi connectivity index (χ3v) is 3.69. The Kier molecular flexibility index (Phi) is 5.08. The SMILES string of the molecule is Cc1cc(C(=O)NCCN(C)c2ccccc2)nn1C(C)(C)C. The predicted molar refractivity (Wildman–Crippen MR) is 94.0 cm³/mol. The Hall–Kier alpha value is -2.30. The molecule has 0 unspecified atom stereocenters. The molecule has 0 bridgehead atoms. The molecule has 1 heterocycles. The third-order valence-electron chi connectivity index (χ3n) is 3.69. The summed E-state index contributed by atoms with van der Waals surface area (Å²) in [5, 5.41) is 7.36. The summed E-state index contributed by atoms with van der Waals surface area (Å²) in [5.41, 5.74) is 2.47. The fraction of sp³-hybridized carbons (Fsp3) is 0.444. The van der Waals surface area contributed by atoms with E-state index in [0.29, 0.717) is 12.2 Å². The van der Waals surface area contributed by atoms with Crippen LogP contribution >= 0.6 is 0 Å². The molecule has 0 atom stereocenters. The highest BCUT2D eigenvalue weighted by molar-refractivity contribution is 5.92. The van der Waals surface area contributed by atoms with E-state index in [2.05, 4.69) is 48.2 Å². The lowest BCUT2D eigenvalue weighted by molar-refractivity contribution is 0.0948. The average Bonchev–Trinajstić information content (AvgIpc) is 2.90. The molecule has 0 aliphatic rings. The summed E-state index contributed by atoms with van der Waals surface area (Å²) in [5.74, 6) is -0.127. The second-order valence-electron chi connectivity index (χ2n) is 6.77. The second kappa shape index (κ2) is 6.86. The van der Waals surface area contributed by atoms with Gasteiger partial charge in [0.05, 0.1) is 5.54 Å². The number of aromatic nitrogens is 2. The highest BCUT2D eigenvalue weighted by Crippen LogP contribution is 2.16. The van der Waals surface area contributed by atoms with Crippen LogP contribution in [0.2, 0.25) is 0 Å². The van der Waals surface area contributed by atoms with E-state index in [4.69, 9.17) is 0 Å². The maximum absolute atomic E-state index is 12.2. The molecule has 124 valence electrons. The van der Waals surface area contributed by atoms with E-state index in [9.17, 15) is 4.79 Å². The lowest BCUT2D eigenvalue weighted by Crippen LogP contribution is -2.33. The summed E-state index contributed by atoms with van der Waals surface area (Å²) in [6.07, 6.45) is 0. The number of benzene rings is 1. The van der Waals surface area contributed by atoms with Gasteiger partial charge in [-0.1, -0.05) is 18.2 Å². The Balaban J connectivity index is 1.91. The average molecular weight is 314 g/mol. The molecule has 0 saturated heterocycles. The second-order valence-corrected chi connectivity index (χ2v) is 6.77. The van der Waals surface area contributed by atoms with E-state index < -0.39 is 0 Å². The Morgan fingerprint density at radius 1 is 1.26 bits per heavy atom. The number of aryl methyl sites for hydroxylation is 1. The number of hydrogen-bond donors (Lipinski definition) is 1. The number of nitrogens with one attached hydrogen (secondary N) is 1. The Morgan fingerprint density at radius 2 is 1.91 bits per heavy atom. The Labute approximate surface area is 138 Å². The number of rotatable bonds is 5. The smallest absolute Gasteiger partial charge is 0.271 e. The minimum atomic E-state index is -0.129. The summed E-state index contributed by atoms with van der Waals surface area (Å²) in [6.45, 7) is 9.51. The van der Waals surface area contributed by atoms with Gasteiger partial charge in [0.2, 0.25) is 0 Å². The topological polar surface area (TPSA) is 50.2 Å². The van der Waals surface area contributed by atoms with Gasteiger partial charge in [-0.3, -0.25) is 9.48 Å². The largest absolute Gasteiger partial charge is 0.373 e. The maximum Gasteiger partial charge on any atom is 0.271 e. The van der Waals surface area contributed by atoms with Crippen molar-refractivity contribution in [3.8, 4) is 0 Å². The Bertz CT molecular complexity index is 655. The highest BCUT2D eigenvalue weighted by atomic mass is 16.1. The number of likely N-dealkylation sites (N-methyl/N-ethyl adjacent to an activating group) is 1. The summed E-state index contributed by atoms with van der Waals surface area (Å²) in [6, 6.07) is 11.9. The molecule has 0 saturated carbocycles.